The van der Waals surface area contributed by atoms with Gasteiger partial charge >= 0.3 is 11.9 Å². The van der Waals surface area contributed by atoms with Crippen molar-refractivity contribution in [2.75, 3.05) is 22.2 Å². The van der Waals surface area contributed by atoms with E-state index in [4.69, 9.17) is 14.2 Å². The molecule has 0 amide bonds. The second kappa shape index (κ2) is 13.6. The standard InChI is InChI=1S/C32H39Br2NO5/c1-4-38-30(37)26(16-9-11-22-34)35-25-15-8-7-14-24(25)31(2,3)32(35)20-19-23-13-12-17-27(29(23)40-32)39-28(36)18-6-5-10-21-33/h7-8,12-15,17,19-20,26H,4-6,9-11,16,18,21-22H2,1-3H3. The van der Waals surface area contributed by atoms with Crippen LogP contribution in [0.15, 0.2) is 48.5 Å². The fraction of sp³-hybridized carbons (Fsp3) is 0.500. The van der Waals surface area contributed by atoms with Gasteiger partial charge in [-0.2, -0.15) is 0 Å². The summed E-state index contributed by atoms with van der Waals surface area (Å²) >= 11 is 6.96. The number of hydrogen-bond acceptors (Lipinski definition) is 6. The highest BCUT2D eigenvalue weighted by Gasteiger charge is 2.61. The number of fused-ring (bicyclic) bond motifs is 2. The van der Waals surface area contributed by atoms with E-state index in [2.05, 4.69) is 62.7 Å². The maximum Gasteiger partial charge on any atom is 0.328 e. The Hall–Kier alpha value is -2.32. The molecule has 4 rings (SSSR count). The summed E-state index contributed by atoms with van der Waals surface area (Å²) in [7, 11) is 0. The Morgan fingerprint density at radius 2 is 1.73 bits per heavy atom. The average molecular weight is 677 g/mol. The fourth-order valence-electron chi connectivity index (χ4n) is 5.73. The van der Waals surface area contributed by atoms with Crippen LogP contribution < -0.4 is 14.4 Å². The first-order valence-electron chi connectivity index (χ1n) is 14.2. The van der Waals surface area contributed by atoms with Gasteiger partial charge in [0.2, 0.25) is 5.72 Å². The molecule has 0 N–H and O–H groups in total. The van der Waals surface area contributed by atoms with Crippen molar-refractivity contribution in [3.63, 3.8) is 0 Å². The van der Waals surface area contributed by atoms with Crippen molar-refractivity contribution in [2.24, 2.45) is 0 Å². The van der Waals surface area contributed by atoms with Crippen molar-refractivity contribution in [3.05, 3.63) is 59.7 Å². The zero-order chi connectivity index (χ0) is 28.8. The number of anilines is 1. The van der Waals surface area contributed by atoms with Crippen LogP contribution in [0.3, 0.4) is 0 Å². The molecule has 6 nitrogen and oxygen atoms in total. The third-order valence-corrected chi connectivity index (χ3v) is 8.94. The molecular weight excluding hydrogens is 638 g/mol. The van der Waals surface area contributed by atoms with E-state index in [1.165, 1.54) is 0 Å². The quantitative estimate of drug-likeness (QED) is 0.0929. The average Bonchev–Trinajstić information content (AvgIpc) is 3.12. The Labute approximate surface area is 254 Å². The van der Waals surface area contributed by atoms with Gasteiger partial charge < -0.3 is 19.1 Å². The number of rotatable bonds is 13. The van der Waals surface area contributed by atoms with Crippen molar-refractivity contribution in [1.82, 2.24) is 0 Å². The lowest BCUT2D eigenvalue weighted by molar-refractivity contribution is -0.146. The van der Waals surface area contributed by atoms with Crippen LogP contribution in [0.1, 0.15) is 76.8 Å². The highest BCUT2D eigenvalue weighted by Crippen LogP contribution is 2.57. The lowest BCUT2D eigenvalue weighted by Crippen LogP contribution is -2.64. The fourth-order valence-corrected chi connectivity index (χ4v) is 6.53. The summed E-state index contributed by atoms with van der Waals surface area (Å²) < 4.78 is 18.5. The number of carbonyl (C=O) groups excluding carboxylic acids is 2. The van der Waals surface area contributed by atoms with Crippen LogP contribution in [0, 0.1) is 0 Å². The number of benzene rings is 2. The molecule has 2 unspecified atom stereocenters. The normalized spacial score (nSPS) is 19.1. The Balaban J connectivity index is 1.76. The summed E-state index contributed by atoms with van der Waals surface area (Å²) in [5.41, 5.74) is 1.25. The first-order valence-corrected chi connectivity index (χ1v) is 16.4. The number of ether oxygens (including phenoxy) is 3. The predicted octanol–water partition coefficient (Wildman–Crippen LogP) is 7.94. The van der Waals surface area contributed by atoms with Gasteiger partial charge in [0, 0.05) is 28.3 Å². The molecule has 2 aliphatic heterocycles. The van der Waals surface area contributed by atoms with Gasteiger partial charge in [0.05, 0.1) is 12.0 Å². The van der Waals surface area contributed by atoms with Crippen LogP contribution in [-0.2, 0) is 19.7 Å². The molecular formula is C32H39Br2NO5. The molecule has 1 spiro atoms. The molecule has 0 aliphatic carbocycles. The molecule has 2 aliphatic rings. The molecule has 2 atom stereocenters. The second-order valence-electron chi connectivity index (χ2n) is 10.7. The molecule has 0 fully saturated rings. The van der Waals surface area contributed by atoms with Gasteiger partial charge in [-0.3, -0.25) is 4.79 Å². The summed E-state index contributed by atoms with van der Waals surface area (Å²) in [5, 5.41) is 1.79. The van der Waals surface area contributed by atoms with Crippen LogP contribution >= 0.6 is 31.9 Å². The van der Waals surface area contributed by atoms with Crippen molar-refractivity contribution in [3.8, 4) is 11.5 Å². The predicted molar refractivity (Wildman–Crippen MR) is 167 cm³/mol. The van der Waals surface area contributed by atoms with E-state index in [1.54, 1.807) is 6.07 Å². The summed E-state index contributed by atoms with van der Waals surface area (Å²) in [5.74, 6) is 0.355. The van der Waals surface area contributed by atoms with Gasteiger partial charge in [-0.25, -0.2) is 4.79 Å². The lowest BCUT2D eigenvalue weighted by Gasteiger charge is -2.49. The van der Waals surface area contributed by atoms with Crippen LogP contribution in [0.2, 0.25) is 0 Å². The zero-order valence-electron chi connectivity index (χ0n) is 23.6. The van der Waals surface area contributed by atoms with Gasteiger partial charge in [-0.05, 0) is 82.7 Å². The third kappa shape index (κ3) is 5.98. The van der Waals surface area contributed by atoms with E-state index >= 15 is 0 Å². The molecule has 0 aromatic heterocycles. The number of hydrogen-bond donors (Lipinski definition) is 0. The van der Waals surface area contributed by atoms with Crippen molar-refractivity contribution in [1.29, 1.82) is 0 Å². The largest absolute Gasteiger partial charge is 0.464 e. The minimum Gasteiger partial charge on any atom is -0.464 e. The topological polar surface area (TPSA) is 65.1 Å². The Morgan fingerprint density at radius 1 is 0.975 bits per heavy atom. The number of unbranched alkanes of at least 4 members (excludes halogenated alkanes) is 3. The minimum atomic E-state index is -1.05. The minimum absolute atomic E-state index is 0.269. The van der Waals surface area contributed by atoms with Crippen LogP contribution in [0.4, 0.5) is 5.69 Å². The van der Waals surface area contributed by atoms with E-state index in [1.807, 2.05) is 43.3 Å². The zero-order valence-corrected chi connectivity index (χ0v) is 26.8. The van der Waals surface area contributed by atoms with Gasteiger partial charge in [-0.1, -0.05) is 68.6 Å². The monoisotopic (exact) mass is 675 g/mol. The number of alkyl halides is 2. The number of para-hydroxylation sites is 2. The van der Waals surface area contributed by atoms with E-state index in [9.17, 15) is 9.59 Å². The lowest BCUT2D eigenvalue weighted by atomic mass is 9.76. The van der Waals surface area contributed by atoms with E-state index in [0.717, 1.165) is 59.6 Å². The molecule has 2 aromatic carbocycles. The summed E-state index contributed by atoms with van der Waals surface area (Å²) in [4.78, 5) is 28.4. The maximum absolute atomic E-state index is 13.5. The van der Waals surface area contributed by atoms with E-state index in [0.29, 0.717) is 30.9 Å². The molecule has 40 heavy (non-hydrogen) atoms. The molecule has 0 bridgehead atoms. The van der Waals surface area contributed by atoms with E-state index < -0.39 is 17.2 Å². The van der Waals surface area contributed by atoms with Crippen LogP contribution in [0.25, 0.3) is 6.08 Å². The number of halogens is 2. The highest BCUT2D eigenvalue weighted by atomic mass is 79.9. The molecule has 0 radical (unpaired) electrons. The van der Waals surface area contributed by atoms with Gasteiger partial charge in [0.25, 0.3) is 0 Å². The molecule has 2 heterocycles. The first-order chi connectivity index (χ1) is 19.3. The maximum atomic E-state index is 13.5. The van der Waals surface area contributed by atoms with Gasteiger partial charge in [-0.15, -0.1) is 0 Å². The Bertz CT molecular complexity index is 1230. The summed E-state index contributed by atoms with van der Waals surface area (Å²) in [6.07, 6.45) is 9.58. The molecule has 0 saturated heterocycles. The summed E-state index contributed by atoms with van der Waals surface area (Å²) in [6.45, 7) is 6.41. The van der Waals surface area contributed by atoms with Gasteiger partial charge in [0.1, 0.15) is 6.04 Å². The van der Waals surface area contributed by atoms with Crippen molar-refractivity contribution in [2.45, 2.75) is 82.9 Å². The summed E-state index contributed by atoms with van der Waals surface area (Å²) in [6, 6.07) is 13.2. The van der Waals surface area contributed by atoms with Gasteiger partial charge in [0.15, 0.2) is 11.5 Å². The van der Waals surface area contributed by atoms with Crippen molar-refractivity contribution >= 4 is 55.6 Å². The van der Waals surface area contributed by atoms with Crippen LogP contribution in [-0.4, -0.2) is 41.0 Å². The Morgan fingerprint density at radius 3 is 2.48 bits per heavy atom. The number of esters is 2. The molecule has 8 heteroatoms. The third-order valence-electron chi connectivity index (χ3n) is 7.82. The Kier molecular flexibility index (Phi) is 10.4. The highest BCUT2D eigenvalue weighted by molar-refractivity contribution is 9.09. The number of carbonyl (C=O) groups is 2. The smallest absolute Gasteiger partial charge is 0.328 e. The van der Waals surface area contributed by atoms with E-state index in [-0.39, 0.29) is 11.9 Å². The molecule has 2 aromatic rings. The van der Waals surface area contributed by atoms with Crippen molar-refractivity contribution < 1.29 is 23.8 Å². The first kappa shape index (κ1) is 30.6. The second-order valence-corrected chi connectivity index (χ2v) is 12.3. The number of nitrogens with zero attached hydrogens (tertiary/aromatic N) is 1. The molecule has 216 valence electrons. The van der Waals surface area contributed by atoms with Crippen LogP contribution in [0.5, 0.6) is 11.5 Å². The molecule has 0 saturated carbocycles. The SMILES string of the molecule is CCOC(=O)C(CCCCBr)N1c2ccccc2C(C)(C)C12C=Cc1cccc(OC(=O)CCCCCBr)c1O2.